The minimum Gasteiger partial charge on any atom is -0.457 e. The van der Waals surface area contributed by atoms with Crippen molar-refractivity contribution in [3.63, 3.8) is 0 Å². The Morgan fingerprint density at radius 2 is 1.81 bits per heavy atom. The molecule has 0 bridgehead atoms. The van der Waals surface area contributed by atoms with Gasteiger partial charge >= 0.3 is 0 Å². The number of carbonyl (C=O) groups excluding carboxylic acids is 2. The zero-order valence-electron chi connectivity index (χ0n) is 14.3. The number of amides is 2. The van der Waals surface area contributed by atoms with Gasteiger partial charge in [0.15, 0.2) is 0 Å². The average Bonchev–Trinajstić information content (AvgIpc) is 2.90. The second-order valence-electron chi connectivity index (χ2n) is 6.00. The van der Waals surface area contributed by atoms with Crippen molar-refractivity contribution in [2.45, 2.75) is 13.3 Å². The minimum atomic E-state index is -0.669. The lowest BCUT2D eigenvalue weighted by atomic mass is 10.1. The van der Waals surface area contributed by atoms with E-state index < -0.39 is 16.7 Å². The molecule has 2 amide bonds. The lowest BCUT2D eigenvalue weighted by Crippen LogP contribution is -2.18. The van der Waals surface area contributed by atoms with Crippen molar-refractivity contribution in [2.24, 2.45) is 11.5 Å². The summed E-state index contributed by atoms with van der Waals surface area (Å²) in [7, 11) is 0. The first-order chi connectivity index (χ1) is 12.8. The molecular formula is C18H16N4O5. The van der Waals surface area contributed by atoms with Crippen LogP contribution in [0.2, 0.25) is 0 Å². The molecule has 0 aliphatic heterocycles. The molecule has 138 valence electrons. The Morgan fingerprint density at radius 3 is 2.41 bits per heavy atom. The first-order valence-electron chi connectivity index (χ1n) is 7.92. The molecule has 1 aromatic heterocycles. The highest BCUT2D eigenvalue weighted by Gasteiger charge is 2.18. The average molecular weight is 368 g/mol. The molecule has 0 saturated carbocycles. The summed E-state index contributed by atoms with van der Waals surface area (Å²) in [6, 6.07) is 9.34. The Balaban J connectivity index is 1.97. The lowest BCUT2D eigenvalue weighted by Gasteiger charge is -2.07. The van der Waals surface area contributed by atoms with E-state index >= 15 is 0 Å². The van der Waals surface area contributed by atoms with Crippen molar-refractivity contribution in [3.8, 4) is 11.5 Å². The number of hydrogen-bond acceptors (Lipinski definition) is 5. The van der Waals surface area contributed by atoms with Gasteiger partial charge in [0.25, 0.3) is 11.6 Å². The highest BCUT2D eigenvalue weighted by atomic mass is 16.6. The van der Waals surface area contributed by atoms with Crippen molar-refractivity contribution in [2.75, 3.05) is 0 Å². The number of H-pyrrole nitrogens is 1. The SMILES string of the molecule is Cc1cc(Oc2ccc3c(C(N)=O)c(CC(N)=O)[nH]c3c2)ccc1[N+](=O)[O-]. The number of primary amides is 2. The van der Waals surface area contributed by atoms with Gasteiger partial charge in [0.2, 0.25) is 5.91 Å². The molecule has 3 aromatic rings. The summed E-state index contributed by atoms with van der Waals surface area (Å²) in [6.45, 7) is 1.62. The molecule has 1 heterocycles. The van der Waals surface area contributed by atoms with Crippen LogP contribution < -0.4 is 16.2 Å². The first-order valence-corrected chi connectivity index (χ1v) is 7.92. The number of ether oxygens (including phenoxy) is 1. The highest BCUT2D eigenvalue weighted by molar-refractivity contribution is 6.08. The lowest BCUT2D eigenvalue weighted by molar-refractivity contribution is -0.385. The van der Waals surface area contributed by atoms with Crippen LogP contribution in [0.25, 0.3) is 10.9 Å². The van der Waals surface area contributed by atoms with Crippen LogP contribution in [0.4, 0.5) is 5.69 Å². The van der Waals surface area contributed by atoms with Gasteiger partial charge in [0.05, 0.1) is 22.4 Å². The van der Waals surface area contributed by atoms with Gasteiger partial charge in [-0.3, -0.25) is 19.7 Å². The summed E-state index contributed by atoms with van der Waals surface area (Å²) in [6.07, 6.45) is -0.148. The molecule has 3 rings (SSSR count). The van der Waals surface area contributed by atoms with Gasteiger partial charge in [0.1, 0.15) is 11.5 Å². The third-order valence-corrected chi connectivity index (χ3v) is 4.05. The van der Waals surface area contributed by atoms with E-state index in [1.165, 1.54) is 12.1 Å². The van der Waals surface area contributed by atoms with Gasteiger partial charge in [-0.1, -0.05) is 0 Å². The number of carbonyl (C=O) groups is 2. The van der Waals surface area contributed by atoms with E-state index in [-0.39, 0.29) is 17.7 Å². The molecule has 9 heteroatoms. The number of benzene rings is 2. The molecule has 5 N–H and O–H groups in total. The van der Waals surface area contributed by atoms with Crippen LogP contribution in [-0.4, -0.2) is 21.7 Å². The standard InChI is InChI=1S/C18H16N4O5/c1-9-6-10(3-5-15(9)22(25)26)27-11-2-4-12-13(7-11)21-14(8-16(19)23)17(12)18(20)24/h2-7,21H,8H2,1H3,(H2,19,23)(H2,20,24). The van der Waals surface area contributed by atoms with Crippen LogP contribution in [0.15, 0.2) is 36.4 Å². The van der Waals surface area contributed by atoms with Crippen LogP contribution in [0.5, 0.6) is 11.5 Å². The second-order valence-corrected chi connectivity index (χ2v) is 6.00. The summed E-state index contributed by atoms with van der Waals surface area (Å²) in [5.74, 6) is -0.394. The number of nitro benzene ring substituents is 1. The number of rotatable bonds is 6. The second kappa shape index (κ2) is 6.79. The third-order valence-electron chi connectivity index (χ3n) is 4.05. The quantitative estimate of drug-likeness (QED) is 0.450. The number of aromatic amines is 1. The highest BCUT2D eigenvalue weighted by Crippen LogP contribution is 2.31. The van der Waals surface area contributed by atoms with Gasteiger partial charge in [-0.25, -0.2) is 0 Å². The van der Waals surface area contributed by atoms with E-state index in [2.05, 4.69) is 4.98 Å². The molecule has 0 aliphatic carbocycles. The molecule has 0 spiro atoms. The van der Waals surface area contributed by atoms with E-state index in [0.29, 0.717) is 33.7 Å². The van der Waals surface area contributed by atoms with E-state index in [0.717, 1.165) is 0 Å². The Bertz CT molecular complexity index is 1090. The maximum Gasteiger partial charge on any atom is 0.272 e. The topological polar surface area (TPSA) is 154 Å². The zero-order valence-corrected chi connectivity index (χ0v) is 14.3. The monoisotopic (exact) mass is 368 g/mol. The summed E-state index contributed by atoms with van der Waals surface area (Å²) in [5, 5.41) is 11.4. The van der Waals surface area contributed by atoms with Gasteiger partial charge in [-0.2, -0.15) is 0 Å². The minimum absolute atomic E-state index is 0.00404. The summed E-state index contributed by atoms with van der Waals surface area (Å²) in [5.41, 5.74) is 12.2. The van der Waals surface area contributed by atoms with Crippen LogP contribution in [0.3, 0.4) is 0 Å². The third kappa shape index (κ3) is 3.56. The van der Waals surface area contributed by atoms with Gasteiger partial charge in [-0.15, -0.1) is 0 Å². The van der Waals surface area contributed by atoms with Crippen molar-refractivity contribution in [3.05, 3.63) is 63.3 Å². The van der Waals surface area contributed by atoms with Crippen molar-refractivity contribution in [1.29, 1.82) is 0 Å². The van der Waals surface area contributed by atoms with Gasteiger partial charge < -0.3 is 21.2 Å². The normalized spacial score (nSPS) is 10.7. The van der Waals surface area contributed by atoms with Crippen LogP contribution in [0, 0.1) is 17.0 Å². The molecule has 0 saturated heterocycles. The molecule has 0 radical (unpaired) electrons. The van der Waals surface area contributed by atoms with Gasteiger partial charge in [-0.05, 0) is 31.2 Å². The smallest absolute Gasteiger partial charge is 0.272 e. The molecule has 0 fully saturated rings. The van der Waals surface area contributed by atoms with E-state index in [1.807, 2.05) is 0 Å². The van der Waals surface area contributed by atoms with Crippen LogP contribution in [0.1, 0.15) is 21.6 Å². The van der Waals surface area contributed by atoms with E-state index in [9.17, 15) is 19.7 Å². The van der Waals surface area contributed by atoms with E-state index in [1.54, 1.807) is 31.2 Å². The Hall–Kier alpha value is -3.88. The molecular weight excluding hydrogens is 352 g/mol. The summed E-state index contributed by atoms with van der Waals surface area (Å²) < 4.78 is 5.74. The summed E-state index contributed by atoms with van der Waals surface area (Å²) in [4.78, 5) is 36.4. The van der Waals surface area contributed by atoms with Crippen LogP contribution >= 0.6 is 0 Å². The molecule has 9 nitrogen and oxygen atoms in total. The van der Waals surface area contributed by atoms with Crippen molar-refractivity contribution in [1.82, 2.24) is 4.98 Å². The Morgan fingerprint density at radius 1 is 1.15 bits per heavy atom. The Labute approximate surface area is 153 Å². The fourth-order valence-electron chi connectivity index (χ4n) is 2.92. The zero-order chi connectivity index (χ0) is 19.7. The van der Waals surface area contributed by atoms with Crippen molar-refractivity contribution >= 4 is 28.4 Å². The number of fused-ring (bicyclic) bond motifs is 1. The molecule has 0 atom stereocenters. The largest absolute Gasteiger partial charge is 0.457 e. The first kappa shape index (κ1) is 17.9. The van der Waals surface area contributed by atoms with Gasteiger partial charge in [0, 0.05) is 28.8 Å². The molecule has 2 aromatic carbocycles. The predicted molar refractivity (Wildman–Crippen MR) is 97.6 cm³/mol. The van der Waals surface area contributed by atoms with E-state index in [4.69, 9.17) is 16.2 Å². The fraction of sp³-hybridized carbons (Fsp3) is 0.111. The predicted octanol–water partition coefficient (Wildman–Crippen LogP) is 2.30. The number of nitrogens with one attached hydrogen (secondary N) is 1. The number of nitro groups is 1. The Kier molecular flexibility index (Phi) is 4.51. The van der Waals surface area contributed by atoms with Crippen LogP contribution in [-0.2, 0) is 11.2 Å². The molecule has 27 heavy (non-hydrogen) atoms. The number of nitrogens with zero attached hydrogens (tertiary/aromatic N) is 1. The fourth-order valence-corrected chi connectivity index (χ4v) is 2.92. The van der Waals surface area contributed by atoms with Crippen molar-refractivity contribution < 1.29 is 19.2 Å². The molecule has 0 aliphatic rings. The number of aryl methyl sites for hydroxylation is 1. The summed E-state index contributed by atoms with van der Waals surface area (Å²) >= 11 is 0. The number of aromatic nitrogens is 1. The number of hydrogen-bond donors (Lipinski definition) is 3. The maximum absolute atomic E-state index is 11.7. The number of nitrogens with two attached hydrogens (primary N) is 2. The maximum atomic E-state index is 11.7. The molecule has 0 unspecified atom stereocenters.